The third-order valence-corrected chi connectivity index (χ3v) is 3.84. The molecule has 0 saturated carbocycles. The predicted octanol–water partition coefficient (Wildman–Crippen LogP) is 4.57. The zero-order valence-electron chi connectivity index (χ0n) is 14.5. The molecule has 0 unspecified atom stereocenters. The van der Waals surface area contributed by atoms with Crippen LogP contribution in [0.3, 0.4) is 0 Å². The van der Waals surface area contributed by atoms with Crippen molar-refractivity contribution < 1.29 is 9.53 Å². The van der Waals surface area contributed by atoms with Crippen molar-refractivity contribution >= 4 is 5.97 Å². The van der Waals surface area contributed by atoms with Gasteiger partial charge in [-0.1, -0.05) is 59.0 Å². The molecule has 0 aliphatic rings. The van der Waals surface area contributed by atoms with E-state index in [9.17, 15) is 4.79 Å². The van der Waals surface area contributed by atoms with Crippen molar-refractivity contribution in [1.82, 2.24) is 4.90 Å². The maximum Gasteiger partial charge on any atom is 0.333 e. The van der Waals surface area contributed by atoms with E-state index in [1.165, 1.54) is 58.2 Å². The fourth-order valence-corrected chi connectivity index (χ4v) is 2.33. The van der Waals surface area contributed by atoms with Gasteiger partial charge in [-0.15, -0.1) is 0 Å². The Hall–Kier alpha value is -0.830. The number of hydrogen-bond donors (Lipinski definition) is 0. The van der Waals surface area contributed by atoms with Gasteiger partial charge in [0.05, 0.1) is 6.61 Å². The van der Waals surface area contributed by atoms with Crippen LogP contribution in [-0.4, -0.2) is 37.1 Å². The van der Waals surface area contributed by atoms with E-state index in [1.54, 1.807) is 6.92 Å². The number of hydrogen-bond acceptors (Lipinski definition) is 3. The first-order chi connectivity index (χ1) is 10.1. The molecule has 0 aromatic carbocycles. The molecule has 0 atom stereocenters. The second-order valence-electron chi connectivity index (χ2n) is 5.77. The quantitative estimate of drug-likeness (QED) is 0.267. The normalized spacial score (nSPS) is 10.9. The molecule has 0 bridgehead atoms. The summed E-state index contributed by atoms with van der Waals surface area (Å²) in [7, 11) is 0. The summed E-state index contributed by atoms with van der Waals surface area (Å²) in [5.74, 6) is -0.261. The lowest BCUT2D eigenvalue weighted by atomic mass is 10.1. The van der Waals surface area contributed by atoms with Gasteiger partial charge in [0, 0.05) is 5.57 Å². The summed E-state index contributed by atoms with van der Waals surface area (Å²) in [6, 6.07) is 0. The van der Waals surface area contributed by atoms with E-state index in [0.29, 0.717) is 12.2 Å². The summed E-state index contributed by atoms with van der Waals surface area (Å²) < 4.78 is 5.06. The summed E-state index contributed by atoms with van der Waals surface area (Å²) in [4.78, 5) is 13.6. The SMILES string of the molecule is C=C(C)C(=O)OCCCCCCCCCCN(CC)CC. The highest BCUT2D eigenvalue weighted by molar-refractivity contribution is 5.86. The van der Waals surface area contributed by atoms with Crippen LogP contribution in [-0.2, 0) is 9.53 Å². The molecular formula is C18H35NO2. The summed E-state index contributed by atoms with van der Waals surface area (Å²) in [6.45, 7) is 13.8. The number of ether oxygens (including phenoxy) is 1. The highest BCUT2D eigenvalue weighted by atomic mass is 16.5. The molecule has 0 saturated heterocycles. The van der Waals surface area contributed by atoms with Gasteiger partial charge in [-0.3, -0.25) is 0 Å². The van der Waals surface area contributed by atoms with E-state index in [0.717, 1.165) is 12.8 Å². The van der Waals surface area contributed by atoms with Crippen LogP contribution in [0.1, 0.15) is 72.1 Å². The fraction of sp³-hybridized carbons (Fsp3) is 0.833. The Morgan fingerprint density at radius 2 is 1.38 bits per heavy atom. The van der Waals surface area contributed by atoms with Crippen LogP contribution in [0.4, 0.5) is 0 Å². The van der Waals surface area contributed by atoms with E-state index in [-0.39, 0.29) is 5.97 Å². The van der Waals surface area contributed by atoms with Gasteiger partial charge in [-0.25, -0.2) is 4.79 Å². The first-order valence-corrected chi connectivity index (χ1v) is 8.66. The molecular weight excluding hydrogens is 262 g/mol. The predicted molar refractivity (Wildman–Crippen MR) is 90.5 cm³/mol. The standard InChI is InChI=1S/C18H35NO2/c1-5-19(6-2)15-13-11-9-7-8-10-12-14-16-21-18(20)17(3)4/h3,5-16H2,1-2,4H3. The van der Waals surface area contributed by atoms with E-state index in [2.05, 4.69) is 25.3 Å². The number of esters is 1. The lowest BCUT2D eigenvalue weighted by molar-refractivity contribution is -0.139. The average molecular weight is 297 g/mol. The second kappa shape index (κ2) is 14.1. The van der Waals surface area contributed by atoms with Gasteiger partial charge in [0.1, 0.15) is 0 Å². The summed E-state index contributed by atoms with van der Waals surface area (Å²) >= 11 is 0. The minimum absolute atomic E-state index is 0.261. The Morgan fingerprint density at radius 1 is 0.905 bits per heavy atom. The number of rotatable bonds is 14. The van der Waals surface area contributed by atoms with Crippen LogP contribution in [0.5, 0.6) is 0 Å². The van der Waals surface area contributed by atoms with Gasteiger partial charge in [-0.2, -0.15) is 0 Å². The Kier molecular flexibility index (Phi) is 13.6. The van der Waals surface area contributed by atoms with Crippen molar-refractivity contribution in [3.63, 3.8) is 0 Å². The van der Waals surface area contributed by atoms with Crippen LogP contribution in [0.25, 0.3) is 0 Å². The van der Waals surface area contributed by atoms with Crippen LogP contribution < -0.4 is 0 Å². The minimum atomic E-state index is -0.261. The smallest absolute Gasteiger partial charge is 0.333 e. The van der Waals surface area contributed by atoms with E-state index >= 15 is 0 Å². The number of carbonyl (C=O) groups excluding carboxylic acids is 1. The molecule has 0 fully saturated rings. The largest absolute Gasteiger partial charge is 0.462 e. The molecule has 0 heterocycles. The Bertz CT molecular complexity index is 272. The second-order valence-corrected chi connectivity index (χ2v) is 5.77. The van der Waals surface area contributed by atoms with Crippen molar-refractivity contribution in [2.24, 2.45) is 0 Å². The summed E-state index contributed by atoms with van der Waals surface area (Å²) in [6.07, 6.45) is 10.1. The topological polar surface area (TPSA) is 29.5 Å². The van der Waals surface area contributed by atoms with Crippen molar-refractivity contribution in [1.29, 1.82) is 0 Å². The molecule has 0 rings (SSSR count). The molecule has 0 amide bonds. The molecule has 0 radical (unpaired) electrons. The fourth-order valence-electron chi connectivity index (χ4n) is 2.33. The van der Waals surface area contributed by atoms with Crippen molar-refractivity contribution in [2.45, 2.75) is 72.1 Å². The van der Waals surface area contributed by atoms with Gasteiger partial charge in [-0.05, 0) is 39.4 Å². The van der Waals surface area contributed by atoms with E-state index in [4.69, 9.17) is 4.74 Å². The molecule has 0 aromatic rings. The van der Waals surface area contributed by atoms with Gasteiger partial charge < -0.3 is 9.64 Å². The minimum Gasteiger partial charge on any atom is -0.462 e. The van der Waals surface area contributed by atoms with Gasteiger partial charge in [0.15, 0.2) is 0 Å². The Labute approximate surface area is 131 Å². The first-order valence-electron chi connectivity index (χ1n) is 8.66. The maximum absolute atomic E-state index is 11.1. The summed E-state index contributed by atoms with van der Waals surface area (Å²) in [5, 5.41) is 0. The van der Waals surface area contributed by atoms with Crippen LogP contribution in [0.2, 0.25) is 0 Å². The van der Waals surface area contributed by atoms with E-state index < -0.39 is 0 Å². The van der Waals surface area contributed by atoms with Crippen LogP contribution >= 0.6 is 0 Å². The zero-order valence-corrected chi connectivity index (χ0v) is 14.5. The lowest BCUT2D eigenvalue weighted by Gasteiger charge is -2.17. The highest BCUT2D eigenvalue weighted by Crippen LogP contribution is 2.09. The van der Waals surface area contributed by atoms with Crippen LogP contribution in [0.15, 0.2) is 12.2 Å². The third kappa shape index (κ3) is 12.6. The molecule has 0 aliphatic heterocycles. The molecule has 3 nitrogen and oxygen atoms in total. The number of carbonyl (C=O) groups is 1. The van der Waals surface area contributed by atoms with E-state index in [1.807, 2.05) is 0 Å². The monoisotopic (exact) mass is 297 g/mol. The molecule has 3 heteroatoms. The molecule has 21 heavy (non-hydrogen) atoms. The van der Waals surface area contributed by atoms with Crippen molar-refractivity contribution in [2.75, 3.05) is 26.2 Å². The van der Waals surface area contributed by atoms with Gasteiger partial charge >= 0.3 is 5.97 Å². The molecule has 0 N–H and O–H groups in total. The number of nitrogens with zero attached hydrogens (tertiary/aromatic N) is 1. The van der Waals surface area contributed by atoms with Crippen molar-refractivity contribution in [3.05, 3.63) is 12.2 Å². The summed E-state index contributed by atoms with van der Waals surface area (Å²) in [5.41, 5.74) is 0.486. The maximum atomic E-state index is 11.1. The van der Waals surface area contributed by atoms with Crippen molar-refractivity contribution in [3.8, 4) is 0 Å². The van der Waals surface area contributed by atoms with Crippen LogP contribution in [0, 0.1) is 0 Å². The Morgan fingerprint density at radius 3 is 1.86 bits per heavy atom. The third-order valence-electron chi connectivity index (χ3n) is 3.84. The van der Waals surface area contributed by atoms with Gasteiger partial charge in [0.25, 0.3) is 0 Å². The Balaban J connectivity index is 3.19. The first kappa shape index (κ1) is 20.2. The molecule has 0 aromatic heterocycles. The van der Waals surface area contributed by atoms with Gasteiger partial charge in [0.2, 0.25) is 0 Å². The number of unbranched alkanes of at least 4 members (excludes halogenated alkanes) is 7. The highest BCUT2D eigenvalue weighted by Gasteiger charge is 2.02. The molecule has 0 aliphatic carbocycles. The molecule has 124 valence electrons. The lowest BCUT2D eigenvalue weighted by Crippen LogP contribution is -2.23. The molecule has 0 spiro atoms. The average Bonchev–Trinajstić information content (AvgIpc) is 2.48. The zero-order chi connectivity index (χ0) is 15.9.